The Labute approximate surface area is 178 Å². The molecule has 0 amide bonds. The molecule has 30 heavy (non-hydrogen) atoms. The minimum atomic E-state index is -1.01. The summed E-state index contributed by atoms with van der Waals surface area (Å²) in [6, 6.07) is 12.0. The fraction of sp³-hybridized carbons (Fsp3) is 0.440. The van der Waals surface area contributed by atoms with Crippen molar-refractivity contribution in [3.05, 3.63) is 59.2 Å². The van der Waals surface area contributed by atoms with E-state index in [0.29, 0.717) is 18.8 Å². The molecule has 3 rings (SSSR count). The zero-order valence-corrected chi connectivity index (χ0v) is 17.9. The highest BCUT2D eigenvalue weighted by atomic mass is 16.5. The molecule has 1 heterocycles. The van der Waals surface area contributed by atoms with E-state index in [4.69, 9.17) is 14.6 Å². The monoisotopic (exact) mass is 410 g/mol. The molecule has 1 atom stereocenters. The standard InChI is InChI=1S/C25H30O5/c1-4-5-6-7-20(24(28)30-19-11-8-17(9-12-19)23(26)27)18-10-13-22-21(16-18)25(2,3)14-15-29-22/h8-13,16,20H,4-7,14-15H2,1-3H3,(H,26,27). The maximum absolute atomic E-state index is 13.1. The number of hydrogen-bond donors (Lipinski definition) is 1. The van der Waals surface area contributed by atoms with Gasteiger partial charge in [-0.05, 0) is 54.2 Å². The number of rotatable bonds is 8. The van der Waals surface area contributed by atoms with Crippen LogP contribution in [0.1, 0.15) is 80.3 Å². The van der Waals surface area contributed by atoms with Crippen LogP contribution in [0.25, 0.3) is 0 Å². The predicted molar refractivity (Wildman–Crippen MR) is 115 cm³/mol. The zero-order chi connectivity index (χ0) is 21.7. The number of unbranched alkanes of at least 4 members (excludes halogenated alkanes) is 2. The van der Waals surface area contributed by atoms with E-state index in [1.54, 1.807) is 0 Å². The maximum atomic E-state index is 13.1. The molecular formula is C25H30O5. The molecule has 1 unspecified atom stereocenters. The van der Waals surface area contributed by atoms with Gasteiger partial charge in [-0.15, -0.1) is 0 Å². The summed E-state index contributed by atoms with van der Waals surface area (Å²) in [6.07, 6.45) is 4.70. The zero-order valence-electron chi connectivity index (χ0n) is 17.9. The average molecular weight is 411 g/mol. The van der Waals surface area contributed by atoms with Crippen LogP contribution < -0.4 is 9.47 Å². The van der Waals surface area contributed by atoms with Crippen molar-refractivity contribution < 1.29 is 24.2 Å². The van der Waals surface area contributed by atoms with Crippen LogP contribution in [-0.2, 0) is 10.2 Å². The normalized spacial score (nSPS) is 15.6. The van der Waals surface area contributed by atoms with Crippen molar-refractivity contribution in [3.63, 3.8) is 0 Å². The molecule has 2 aromatic carbocycles. The Morgan fingerprint density at radius 3 is 2.53 bits per heavy atom. The van der Waals surface area contributed by atoms with Gasteiger partial charge in [-0.3, -0.25) is 4.79 Å². The molecule has 0 saturated heterocycles. The van der Waals surface area contributed by atoms with Crippen molar-refractivity contribution in [2.75, 3.05) is 6.61 Å². The Balaban J connectivity index is 1.85. The Kier molecular flexibility index (Phi) is 6.80. The Morgan fingerprint density at radius 2 is 1.87 bits per heavy atom. The number of carbonyl (C=O) groups excluding carboxylic acids is 1. The van der Waals surface area contributed by atoms with E-state index in [2.05, 4.69) is 26.8 Å². The minimum Gasteiger partial charge on any atom is -0.493 e. The van der Waals surface area contributed by atoms with Gasteiger partial charge in [0.1, 0.15) is 11.5 Å². The van der Waals surface area contributed by atoms with E-state index < -0.39 is 5.97 Å². The predicted octanol–water partition coefficient (Wildman–Crippen LogP) is 5.71. The number of fused-ring (bicyclic) bond motifs is 1. The number of carbonyl (C=O) groups is 2. The van der Waals surface area contributed by atoms with Crippen LogP contribution in [0.15, 0.2) is 42.5 Å². The average Bonchev–Trinajstić information content (AvgIpc) is 2.71. The fourth-order valence-electron chi connectivity index (χ4n) is 3.84. The first kappa shape index (κ1) is 21.9. The lowest BCUT2D eigenvalue weighted by Gasteiger charge is -2.33. The molecular weight excluding hydrogens is 380 g/mol. The maximum Gasteiger partial charge on any atom is 0.335 e. The van der Waals surface area contributed by atoms with Crippen LogP contribution in [-0.4, -0.2) is 23.7 Å². The lowest BCUT2D eigenvalue weighted by molar-refractivity contribution is -0.136. The highest BCUT2D eigenvalue weighted by Gasteiger charge is 2.31. The van der Waals surface area contributed by atoms with Gasteiger partial charge < -0.3 is 14.6 Å². The van der Waals surface area contributed by atoms with Crippen LogP contribution in [0.2, 0.25) is 0 Å². The fourth-order valence-corrected chi connectivity index (χ4v) is 3.84. The van der Waals surface area contributed by atoms with Gasteiger partial charge in [-0.1, -0.05) is 52.2 Å². The topological polar surface area (TPSA) is 72.8 Å². The molecule has 1 aliphatic rings. The van der Waals surface area contributed by atoms with Crippen molar-refractivity contribution in [3.8, 4) is 11.5 Å². The number of benzene rings is 2. The SMILES string of the molecule is CCCCCC(C(=O)Oc1ccc(C(=O)O)cc1)c1ccc2c(c1)C(C)(C)CCO2. The Hall–Kier alpha value is -2.82. The Bertz CT molecular complexity index is 898. The molecule has 0 aromatic heterocycles. The summed E-state index contributed by atoms with van der Waals surface area (Å²) in [5.41, 5.74) is 2.22. The second-order valence-corrected chi connectivity index (χ2v) is 8.54. The summed E-state index contributed by atoms with van der Waals surface area (Å²) in [5.74, 6) is -0.460. The van der Waals surface area contributed by atoms with E-state index in [1.807, 2.05) is 12.1 Å². The van der Waals surface area contributed by atoms with Crippen molar-refractivity contribution in [1.29, 1.82) is 0 Å². The molecule has 0 aliphatic carbocycles. The van der Waals surface area contributed by atoms with Gasteiger partial charge in [0, 0.05) is 5.56 Å². The molecule has 5 nitrogen and oxygen atoms in total. The van der Waals surface area contributed by atoms with Crippen molar-refractivity contribution in [2.24, 2.45) is 0 Å². The first-order valence-corrected chi connectivity index (χ1v) is 10.6. The lowest BCUT2D eigenvalue weighted by Crippen LogP contribution is -2.27. The van der Waals surface area contributed by atoms with E-state index in [9.17, 15) is 9.59 Å². The van der Waals surface area contributed by atoms with Gasteiger partial charge in [0.05, 0.1) is 18.1 Å². The quantitative estimate of drug-likeness (QED) is 0.343. The molecule has 1 N–H and O–H groups in total. The number of ether oxygens (including phenoxy) is 2. The molecule has 1 aliphatic heterocycles. The van der Waals surface area contributed by atoms with E-state index in [1.165, 1.54) is 24.3 Å². The third kappa shape index (κ3) is 5.02. The minimum absolute atomic E-state index is 0.00582. The van der Waals surface area contributed by atoms with Crippen LogP contribution >= 0.6 is 0 Å². The first-order valence-electron chi connectivity index (χ1n) is 10.6. The van der Waals surface area contributed by atoms with Gasteiger partial charge >= 0.3 is 11.9 Å². The molecule has 0 saturated carbocycles. The van der Waals surface area contributed by atoms with E-state index in [0.717, 1.165) is 42.6 Å². The summed E-state index contributed by atoms with van der Waals surface area (Å²) in [6.45, 7) is 7.24. The first-order chi connectivity index (χ1) is 14.3. The van der Waals surface area contributed by atoms with Crippen molar-refractivity contribution >= 4 is 11.9 Å². The number of aromatic carboxylic acids is 1. The number of carboxylic acids is 1. The van der Waals surface area contributed by atoms with Gasteiger partial charge in [-0.25, -0.2) is 4.79 Å². The van der Waals surface area contributed by atoms with E-state index >= 15 is 0 Å². The van der Waals surface area contributed by atoms with Crippen LogP contribution in [0.4, 0.5) is 0 Å². The molecule has 160 valence electrons. The number of carboxylic acid groups (broad SMARTS) is 1. The van der Waals surface area contributed by atoms with E-state index in [-0.39, 0.29) is 22.9 Å². The smallest absolute Gasteiger partial charge is 0.335 e. The molecule has 0 fully saturated rings. The third-order valence-corrected chi connectivity index (χ3v) is 5.82. The summed E-state index contributed by atoms with van der Waals surface area (Å²) >= 11 is 0. The molecule has 0 spiro atoms. The van der Waals surface area contributed by atoms with Crippen LogP contribution in [0.3, 0.4) is 0 Å². The summed E-state index contributed by atoms with van der Waals surface area (Å²) in [5, 5.41) is 9.04. The van der Waals surface area contributed by atoms with Crippen molar-refractivity contribution in [1.82, 2.24) is 0 Å². The molecule has 2 aromatic rings. The lowest BCUT2D eigenvalue weighted by atomic mass is 9.78. The van der Waals surface area contributed by atoms with Crippen molar-refractivity contribution in [2.45, 2.75) is 64.2 Å². The van der Waals surface area contributed by atoms with Gasteiger partial charge in [0.25, 0.3) is 0 Å². The second-order valence-electron chi connectivity index (χ2n) is 8.54. The summed E-state index contributed by atoms with van der Waals surface area (Å²) in [7, 11) is 0. The molecule has 0 radical (unpaired) electrons. The summed E-state index contributed by atoms with van der Waals surface area (Å²) in [4.78, 5) is 24.1. The second kappa shape index (κ2) is 9.33. The highest BCUT2D eigenvalue weighted by molar-refractivity contribution is 5.88. The van der Waals surface area contributed by atoms with Crippen LogP contribution in [0, 0.1) is 0 Å². The Morgan fingerprint density at radius 1 is 1.13 bits per heavy atom. The van der Waals surface area contributed by atoms with Gasteiger partial charge in [0.2, 0.25) is 0 Å². The van der Waals surface area contributed by atoms with Gasteiger partial charge in [-0.2, -0.15) is 0 Å². The highest BCUT2D eigenvalue weighted by Crippen LogP contribution is 2.40. The molecule has 5 heteroatoms. The van der Waals surface area contributed by atoms with Gasteiger partial charge in [0.15, 0.2) is 0 Å². The van der Waals surface area contributed by atoms with Crippen LogP contribution in [0.5, 0.6) is 11.5 Å². The third-order valence-electron chi connectivity index (χ3n) is 5.82. The summed E-state index contributed by atoms with van der Waals surface area (Å²) < 4.78 is 11.4. The number of esters is 1. The molecule has 0 bridgehead atoms. The largest absolute Gasteiger partial charge is 0.493 e. The number of hydrogen-bond acceptors (Lipinski definition) is 4.